The van der Waals surface area contributed by atoms with Crippen molar-refractivity contribution in [3.63, 3.8) is 0 Å². The molecule has 1 aromatic carbocycles. The molecule has 0 bridgehead atoms. The van der Waals surface area contributed by atoms with Crippen molar-refractivity contribution < 1.29 is 9.50 Å². The number of aliphatic hydroxyl groups excluding tert-OH is 1. The summed E-state index contributed by atoms with van der Waals surface area (Å²) in [5, 5.41) is 9.07. The number of hydrogen-bond donors (Lipinski definition) is 1. The molecule has 1 aromatic rings. The number of rotatable bonds is 5. The molecule has 0 radical (unpaired) electrons. The molecular formula is C14H16FNO. The Bertz CT molecular complexity index is 434. The minimum absolute atomic E-state index is 0.155. The summed E-state index contributed by atoms with van der Waals surface area (Å²) in [4.78, 5) is 2.00. The average Bonchev–Trinajstić information content (AvgIpc) is 3.11. The molecule has 2 nitrogen and oxygen atoms in total. The summed E-state index contributed by atoms with van der Waals surface area (Å²) in [6, 6.07) is 4.61. The lowest BCUT2D eigenvalue weighted by Crippen LogP contribution is -2.26. The lowest BCUT2D eigenvalue weighted by atomic mass is 10.2. The molecule has 0 amide bonds. The second-order valence-electron chi connectivity index (χ2n) is 4.50. The van der Waals surface area contributed by atoms with Crippen LogP contribution in [0.15, 0.2) is 18.2 Å². The molecule has 0 saturated heterocycles. The van der Waals surface area contributed by atoms with E-state index in [1.54, 1.807) is 6.07 Å². The van der Waals surface area contributed by atoms with Crippen LogP contribution in [0.4, 0.5) is 10.1 Å². The molecule has 3 heteroatoms. The van der Waals surface area contributed by atoms with E-state index >= 15 is 0 Å². The molecule has 0 unspecified atom stereocenters. The molecule has 1 N–H and O–H groups in total. The van der Waals surface area contributed by atoms with Gasteiger partial charge in [0, 0.05) is 12.2 Å². The molecule has 90 valence electrons. The first-order valence-electron chi connectivity index (χ1n) is 5.81. The van der Waals surface area contributed by atoms with E-state index in [0.29, 0.717) is 18.0 Å². The van der Waals surface area contributed by atoms with Crippen LogP contribution in [0.3, 0.4) is 0 Å². The summed E-state index contributed by atoms with van der Waals surface area (Å²) in [7, 11) is 0. The van der Waals surface area contributed by atoms with Crippen LogP contribution in [0.25, 0.3) is 0 Å². The minimum Gasteiger partial charge on any atom is -0.392 e. The monoisotopic (exact) mass is 233 g/mol. The third kappa shape index (κ3) is 3.21. The predicted octanol–water partition coefficient (Wildman–Crippen LogP) is 2.17. The molecule has 1 aliphatic carbocycles. The molecule has 17 heavy (non-hydrogen) atoms. The zero-order chi connectivity index (χ0) is 12.3. The average molecular weight is 233 g/mol. The largest absolute Gasteiger partial charge is 0.392 e. The Morgan fingerprint density at radius 3 is 2.76 bits per heavy atom. The van der Waals surface area contributed by atoms with Crippen LogP contribution in [0.5, 0.6) is 0 Å². The van der Waals surface area contributed by atoms with Crippen LogP contribution in [-0.4, -0.2) is 18.2 Å². The molecule has 0 atom stereocenters. The van der Waals surface area contributed by atoms with Gasteiger partial charge in [0.25, 0.3) is 0 Å². The van der Waals surface area contributed by atoms with E-state index in [1.807, 2.05) is 4.90 Å². The van der Waals surface area contributed by atoms with E-state index in [4.69, 9.17) is 11.5 Å². The summed E-state index contributed by atoms with van der Waals surface area (Å²) in [5.41, 5.74) is 1.34. The van der Waals surface area contributed by atoms with Crippen LogP contribution < -0.4 is 4.90 Å². The van der Waals surface area contributed by atoms with Crippen molar-refractivity contribution >= 4 is 5.69 Å². The van der Waals surface area contributed by atoms with E-state index in [-0.39, 0.29) is 12.4 Å². The van der Waals surface area contributed by atoms with Crippen molar-refractivity contribution in [1.29, 1.82) is 0 Å². The number of hydrogen-bond acceptors (Lipinski definition) is 2. The summed E-state index contributed by atoms with van der Waals surface area (Å²) in [5.74, 6) is 2.95. The molecule has 1 fully saturated rings. The number of benzene rings is 1. The Balaban J connectivity index is 2.20. The van der Waals surface area contributed by atoms with Gasteiger partial charge >= 0.3 is 0 Å². The maximum absolute atomic E-state index is 13.4. The fourth-order valence-corrected chi connectivity index (χ4v) is 1.89. The molecule has 2 rings (SSSR count). The molecule has 0 aliphatic heterocycles. The second kappa shape index (κ2) is 5.20. The number of nitrogens with zero attached hydrogens (tertiary/aromatic N) is 1. The van der Waals surface area contributed by atoms with Crippen LogP contribution in [0.1, 0.15) is 18.4 Å². The summed E-state index contributed by atoms with van der Waals surface area (Å²) in [6.07, 6.45) is 7.79. The summed E-state index contributed by atoms with van der Waals surface area (Å²) < 4.78 is 13.4. The van der Waals surface area contributed by atoms with Crippen molar-refractivity contribution in [3.8, 4) is 12.3 Å². The van der Waals surface area contributed by atoms with E-state index in [0.717, 1.165) is 12.2 Å². The van der Waals surface area contributed by atoms with Crippen molar-refractivity contribution in [2.24, 2.45) is 5.92 Å². The van der Waals surface area contributed by atoms with Gasteiger partial charge in [-0.15, -0.1) is 6.42 Å². The molecule has 1 aliphatic rings. The minimum atomic E-state index is -0.329. The predicted molar refractivity (Wildman–Crippen MR) is 66.1 cm³/mol. The van der Waals surface area contributed by atoms with Gasteiger partial charge in [0.1, 0.15) is 5.82 Å². The summed E-state index contributed by atoms with van der Waals surface area (Å²) in [6.45, 7) is 1.20. The number of terminal acetylenes is 1. The normalized spacial score (nSPS) is 14.4. The van der Waals surface area contributed by atoms with Crippen LogP contribution in [0, 0.1) is 24.1 Å². The molecular weight excluding hydrogens is 217 g/mol. The van der Waals surface area contributed by atoms with Gasteiger partial charge in [0.15, 0.2) is 0 Å². The third-order valence-corrected chi connectivity index (χ3v) is 2.95. The SMILES string of the molecule is C#CCN(CC1CC1)c1cc(F)cc(CO)c1. The Hall–Kier alpha value is -1.53. The number of anilines is 1. The van der Waals surface area contributed by atoms with E-state index < -0.39 is 0 Å². The number of aliphatic hydroxyl groups is 1. The van der Waals surface area contributed by atoms with E-state index in [9.17, 15) is 4.39 Å². The van der Waals surface area contributed by atoms with Crippen molar-refractivity contribution in [2.45, 2.75) is 19.4 Å². The lowest BCUT2D eigenvalue weighted by molar-refractivity contribution is 0.281. The van der Waals surface area contributed by atoms with Gasteiger partial charge in [-0.3, -0.25) is 0 Å². The molecule has 0 spiro atoms. The Morgan fingerprint density at radius 2 is 2.18 bits per heavy atom. The Morgan fingerprint density at radius 1 is 1.41 bits per heavy atom. The van der Waals surface area contributed by atoms with Crippen molar-refractivity contribution in [1.82, 2.24) is 0 Å². The molecule has 0 heterocycles. The fourth-order valence-electron chi connectivity index (χ4n) is 1.89. The van der Waals surface area contributed by atoms with Gasteiger partial charge < -0.3 is 10.0 Å². The third-order valence-electron chi connectivity index (χ3n) is 2.95. The lowest BCUT2D eigenvalue weighted by Gasteiger charge is -2.23. The molecule has 0 aromatic heterocycles. The summed E-state index contributed by atoms with van der Waals surface area (Å²) >= 11 is 0. The van der Waals surface area contributed by atoms with E-state index in [2.05, 4.69) is 5.92 Å². The Kier molecular flexibility index (Phi) is 3.65. The quantitative estimate of drug-likeness (QED) is 0.788. The second-order valence-corrected chi connectivity index (χ2v) is 4.50. The highest BCUT2D eigenvalue weighted by atomic mass is 19.1. The highest BCUT2D eigenvalue weighted by Crippen LogP contribution is 2.31. The maximum atomic E-state index is 13.4. The van der Waals surface area contributed by atoms with Gasteiger partial charge in [-0.05, 0) is 42.5 Å². The highest BCUT2D eigenvalue weighted by molar-refractivity contribution is 5.50. The van der Waals surface area contributed by atoms with Crippen LogP contribution in [-0.2, 0) is 6.61 Å². The van der Waals surface area contributed by atoms with Gasteiger partial charge in [-0.2, -0.15) is 0 Å². The standard InChI is InChI=1S/C14H16FNO/c1-2-5-16(9-11-3-4-11)14-7-12(10-17)6-13(15)8-14/h1,6-8,11,17H,3-5,9-10H2. The first-order chi connectivity index (χ1) is 8.22. The first-order valence-corrected chi connectivity index (χ1v) is 5.81. The van der Waals surface area contributed by atoms with Crippen molar-refractivity contribution in [2.75, 3.05) is 18.0 Å². The van der Waals surface area contributed by atoms with Gasteiger partial charge in [0.05, 0.1) is 13.2 Å². The van der Waals surface area contributed by atoms with Gasteiger partial charge in [-0.1, -0.05) is 5.92 Å². The zero-order valence-electron chi connectivity index (χ0n) is 9.69. The van der Waals surface area contributed by atoms with Crippen LogP contribution in [0.2, 0.25) is 0 Å². The highest BCUT2D eigenvalue weighted by Gasteiger charge is 2.24. The zero-order valence-corrected chi connectivity index (χ0v) is 9.69. The molecule has 1 saturated carbocycles. The number of halogens is 1. The topological polar surface area (TPSA) is 23.5 Å². The van der Waals surface area contributed by atoms with Crippen molar-refractivity contribution in [3.05, 3.63) is 29.6 Å². The smallest absolute Gasteiger partial charge is 0.125 e. The van der Waals surface area contributed by atoms with Crippen LogP contribution >= 0.6 is 0 Å². The first kappa shape index (κ1) is 11.9. The fraction of sp³-hybridized carbons (Fsp3) is 0.429. The van der Waals surface area contributed by atoms with Gasteiger partial charge in [0.2, 0.25) is 0 Å². The Labute approximate surface area is 101 Å². The van der Waals surface area contributed by atoms with Gasteiger partial charge in [-0.25, -0.2) is 4.39 Å². The van der Waals surface area contributed by atoms with E-state index in [1.165, 1.54) is 25.0 Å². The maximum Gasteiger partial charge on any atom is 0.125 e.